The van der Waals surface area contributed by atoms with Crippen LogP contribution in [0.5, 0.6) is 17.4 Å². The Kier molecular flexibility index (Phi) is 17.5. The van der Waals surface area contributed by atoms with E-state index in [1.54, 1.807) is 72.0 Å². The summed E-state index contributed by atoms with van der Waals surface area (Å²) >= 11 is 0. The number of carbonyl (C=O) groups excluding carboxylic acids is 4. The highest BCUT2D eigenvalue weighted by molar-refractivity contribution is 6.13. The fourth-order valence-corrected chi connectivity index (χ4v) is 8.29. The molecule has 2 aliphatic heterocycles. The van der Waals surface area contributed by atoms with Crippen molar-refractivity contribution >= 4 is 41.2 Å². The number of pyridine rings is 3. The number of nitriles is 1. The van der Waals surface area contributed by atoms with Crippen molar-refractivity contribution in [3.05, 3.63) is 108 Å². The van der Waals surface area contributed by atoms with Crippen LogP contribution < -0.4 is 29.9 Å². The number of ether oxygens (including phenoxy) is 4. The molecule has 0 aliphatic carbocycles. The number of Topliss-reactive ketones (excluding diaryl/α,β-unsaturated/α-hetero) is 1. The summed E-state index contributed by atoms with van der Waals surface area (Å²) in [6.45, 7) is 13.8. The molecule has 2 atom stereocenters. The molecule has 0 radical (unpaired) electrons. The largest absolute Gasteiger partial charge is 0.484 e. The van der Waals surface area contributed by atoms with Crippen molar-refractivity contribution in [2.75, 3.05) is 69.0 Å². The Bertz CT molecular complexity index is 2850. The van der Waals surface area contributed by atoms with Crippen molar-refractivity contribution in [3.63, 3.8) is 0 Å². The highest BCUT2D eigenvalue weighted by Gasteiger charge is 2.45. The maximum Gasteiger partial charge on any atom is 0.326 e. The summed E-state index contributed by atoms with van der Waals surface area (Å²) in [5.74, 6) is -0.261. The van der Waals surface area contributed by atoms with Crippen molar-refractivity contribution in [1.82, 2.24) is 40.5 Å². The molecule has 2 aliphatic rings. The number of nitrogens with one attached hydrogen (secondary N) is 2. The van der Waals surface area contributed by atoms with Gasteiger partial charge in [-0.25, -0.2) is 29.7 Å². The first-order valence-corrected chi connectivity index (χ1v) is 24.3. The molecule has 1 fully saturated rings. The number of aliphatic carboxylic acids is 1. The lowest BCUT2D eigenvalue weighted by atomic mass is 9.88. The van der Waals surface area contributed by atoms with Crippen molar-refractivity contribution < 1.29 is 48.0 Å². The zero-order valence-electron chi connectivity index (χ0n) is 42.4. The van der Waals surface area contributed by atoms with Crippen molar-refractivity contribution in [3.8, 4) is 34.7 Å². The Labute approximate surface area is 429 Å². The second-order valence-electron chi connectivity index (χ2n) is 19.5. The SMILES string of the molecule is C[C@@H]1CN(c2ncc(-c3ccc4c(n3)N(Cc3cccnc3C#N)C(C)(C)C4=O)cn2)CCN1C(=O)COCCOCCNC(=O)c1ccc(Oc2cccc(OCC(=O)N[C@@H](CCC(C)(C)C)C(=O)O)c2)nc1. The number of benzene rings is 1. The number of anilines is 2. The first-order chi connectivity index (χ1) is 35.4. The van der Waals surface area contributed by atoms with E-state index in [4.69, 9.17) is 23.9 Å². The van der Waals surface area contributed by atoms with E-state index in [1.165, 1.54) is 12.3 Å². The van der Waals surface area contributed by atoms with Crippen LogP contribution in [0.1, 0.15) is 86.4 Å². The summed E-state index contributed by atoms with van der Waals surface area (Å²) in [5, 5.41) is 24.4. The second-order valence-corrected chi connectivity index (χ2v) is 19.5. The average molecular weight is 1010 g/mol. The summed E-state index contributed by atoms with van der Waals surface area (Å²) in [4.78, 5) is 91.6. The number of rotatable bonds is 22. The van der Waals surface area contributed by atoms with Gasteiger partial charge in [-0.2, -0.15) is 5.26 Å². The van der Waals surface area contributed by atoms with E-state index in [9.17, 15) is 34.3 Å². The molecule has 5 aromatic rings. The van der Waals surface area contributed by atoms with Gasteiger partial charge in [-0.05, 0) is 75.4 Å². The fraction of sp³-hybridized carbons (Fsp3) is 0.415. The Morgan fingerprint density at radius 1 is 0.919 bits per heavy atom. The molecule has 1 aromatic carbocycles. The molecule has 0 spiro atoms. The van der Waals surface area contributed by atoms with E-state index < -0.39 is 23.5 Å². The van der Waals surface area contributed by atoms with E-state index >= 15 is 0 Å². The third-order valence-corrected chi connectivity index (χ3v) is 12.4. The number of carbonyl (C=O) groups is 5. The molecule has 0 bridgehead atoms. The van der Waals surface area contributed by atoms with Crippen LogP contribution in [-0.4, -0.2) is 141 Å². The van der Waals surface area contributed by atoms with Crippen LogP contribution >= 0.6 is 0 Å². The lowest BCUT2D eigenvalue weighted by Gasteiger charge is -2.39. The normalized spacial score (nSPS) is 15.4. The van der Waals surface area contributed by atoms with Gasteiger partial charge in [0, 0.05) is 86.8 Å². The lowest BCUT2D eigenvalue weighted by Crippen LogP contribution is -2.55. The predicted octanol–water partition coefficient (Wildman–Crippen LogP) is 5.25. The molecular weight excluding hydrogens is 951 g/mol. The molecule has 6 heterocycles. The number of nitrogens with zero attached hydrogens (tertiary/aromatic N) is 9. The highest BCUT2D eigenvalue weighted by atomic mass is 16.5. The number of piperazine rings is 1. The van der Waals surface area contributed by atoms with E-state index in [2.05, 4.69) is 36.6 Å². The first-order valence-electron chi connectivity index (χ1n) is 24.3. The van der Waals surface area contributed by atoms with Crippen molar-refractivity contribution in [2.45, 2.75) is 78.6 Å². The summed E-state index contributed by atoms with van der Waals surface area (Å²) in [6, 6.07) is 17.8. The summed E-state index contributed by atoms with van der Waals surface area (Å²) in [5.41, 5.74) is 2.11. The van der Waals surface area contributed by atoms with Gasteiger partial charge in [0.15, 0.2) is 12.4 Å². The third kappa shape index (κ3) is 13.9. The van der Waals surface area contributed by atoms with Crippen LogP contribution in [-0.2, 0) is 30.4 Å². The molecule has 3 amide bonds. The zero-order valence-corrected chi connectivity index (χ0v) is 42.4. The minimum Gasteiger partial charge on any atom is -0.484 e. The van der Waals surface area contributed by atoms with Gasteiger partial charge in [-0.15, -0.1) is 0 Å². The second kappa shape index (κ2) is 24.1. The maximum absolute atomic E-state index is 13.4. The van der Waals surface area contributed by atoms with Gasteiger partial charge in [0.2, 0.25) is 17.7 Å². The first kappa shape index (κ1) is 53.7. The molecule has 388 valence electrons. The summed E-state index contributed by atoms with van der Waals surface area (Å²) < 4.78 is 22.6. The zero-order chi connectivity index (χ0) is 53.0. The van der Waals surface area contributed by atoms with Crippen LogP contribution in [0, 0.1) is 16.7 Å². The number of aromatic nitrogens is 5. The minimum atomic E-state index is -1.10. The van der Waals surface area contributed by atoms with Crippen molar-refractivity contribution in [2.24, 2.45) is 5.41 Å². The molecule has 1 saturated heterocycles. The Morgan fingerprint density at radius 3 is 2.41 bits per heavy atom. The molecular formula is C53H61N11O10. The molecule has 7 rings (SSSR count). The molecule has 0 saturated carbocycles. The van der Waals surface area contributed by atoms with Crippen LogP contribution in [0.4, 0.5) is 11.8 Å². The number of amides is 3. The van der Waals surface area contributed by atoms with Gasteiger partial charge in [-0.3, -0.25) is 19.2 Å². The number of fused-ring (bicyclic) bond motifs is 1. The Morgan fingerprint density at radius 2 is 1.69 bits per heavy atom. The molecule has 74 heavy (non-hydrogen) atoms. The lowest BCUT2D eigenvalue weighted by molar-refractivity contribution is -0.142. The molecule has 3 N–H and O–H groups in total. The van der Waals surface area contributed by atoms with Gasteiger partial charge in [-0.1, -0.05) is 32.9 Å². The van der Waals surface area contributed by atoms with Gasteiger partial charge in [0.25, 0.3) is 11.8 Å². The molecule has 21 heteroatoms. The van der Waals surface area contributed by atoms with Gasteiger partial charge < -0.3 is 49.4 Å². The van der Waals surface area contributed by atoms with Gasteiger partial charge in [0.1, 0.15) is 41.7 Å². The minimum absolute atomic E-state index is 0.0587. The maximum atomic E-state index is 13.4. The van der Waals surface area contributed by atoms with Crippen LogP contribution in [0.3, 0.4) is 0 Å². The van der Waals surface area contributed by atoms with Crippen LogP contribution in [0.25, 0.3) is 11.3 Å². The third-order valence-electron chi connectivity index (χ3n) is 12.4. The van der Waals surface area contributed by atoms with Crippen LogP contribution in [0.15, 0.2) is 85.5 Å². The van der Waals surface area contributed by atoms with E-state index in [0.717, 1.165) is 0 Å². The quantitative estimate of drug-likeness (QED) is 0.0748. The van der Waals surface area contributed by atoms with Crippen LogP contribution in [0.2, 0.25) is 0 Å². The predicted molar refractivity (Wildman–Crippen MR) is 271 cm³/mol. The Hall–Kier alpha value is -8.09. The summed E-state index contributed by atoms with van der Waals surface area (Å²) in [7, 11) is 0. The number of carboxylic acid groups (broad SMARTS) is 1. The Balaban J connectivity index is 0.773. The fourth-order valence-electron chi connectivity index (χ4n) is 8.29. The topological polar surface area (TPSA) is 265 Å². The molecule has 21 nitrogen and oxygen atoms in total. The summed E-state index contributed by atoms with van der Waals surface area (Å²) in [6.07, 6.45) is 7.26. The van der Waals surface area contributed by atoms with Gasteiger partial charge >= 0.3 is 5.97 Å². The van der Waals surface area contributed by atoms with E-state index in [0.29, 0.717) is 89.4 Å². The number of carboxylic acids is 1. The van der Waals surface area contributed by atoms with Gasteiger partial charge in [0.05, 0.1) is 42.2 Å². The van der Waals surface area contributed by atoms with E-state index in [-0.39, 0.29) is 81.1 Å². The van der Waals surface area contributed by atoms with Crippen molar-refractivity contribution in [1.29, 1.82) is 5.26 Å². The standard InChI is InChI=1S/C53H61N11O10/c1-34-30-62(51-58-28-37(29-59-51)41-14-13-40-47(67)53(5,6)64(48(40)61-41)31-36-9-8-18-55-43(36)26-54)20-21-63(34)46(66)33-72-24-23-71-22-19-56-49(68)35-12-15-45(57-27-35)74-39-11-7-10-38(25-39)73-32-44(65)60-42(50(69)70)16-17-52(2,3)4/h7-15,18,25,27-29,34,42H,16-17,19-24,30-33H2,1-6H3,(H,56,68)(H,60,65)(H,69,70)/t34-,42+/m1/s1. The smallest absolute Gasteiger partial charge is 0.326 e. The van der Waals surface area contributed by atoms with E-state index in [1.807, 2.05) is 57.4 Å². The number of hydrogen-bond donors (Lipinski definition) is 3. The number of hydrogen-bond acceptors (Lipinski definition) is 17. The average Bonchev–Trinajstić information content (AvgIpc) is 3.57. The molecule has 0 unspecified atom stereocenters. The monoisotopic (exact) mass is 1010 g/mol. The number of ketones is 1. The molecule has 4 aromatic heterocycles. The highest BCUT2D eigenvalue weighted by Crippen LogP contribution is 2.40.